The molecule has 0 aliphatic heterocycles. The molecule has 0 aliphatic rings. The standard InChI is InChI=1S/C15H10N2O3/c18-17(19)13-7-3-4-8-14(13)20-15-10-9-11-5-1-2-6-12(11)16-15/h1-10H. The monoisotopic (exact) mass is 266 g/mol. The normalized spacial score (nSPS) is 10.4. The molecule has 0 N–H and O–H groups in total. The summed E-state index contributed by atoms with van der Waals surface area (Å²) in [5, 5.41) is 11.9. The van der Waals surface area contributed by atoms with Crippen LogP contribution in [0.1, 0.15) is 0 Å². The second-order valence-corrected chi connectivity index (χ2v) is 4.17. The second kappa shape index (κ2) is 4.97. The van der Waals surface area contributed by atoms with Crippen molar-refractivity contribution in [2.75, 3.05) is 0 Å². The first-order valence-corrected chi connectivity index (χ1v) is 6.01. The lowest BCUT2D eigenvalue weighted by Gasteiger charge is -2.06. The van der Waals surface area contributed by atoms with Crippen LogP contribution in [0.4, 0.5) is 5.69 Å². The minimum absolute atomic E-state index is 0.0811. The molecule has 0 aliphatic carbocycles. The van der Waals surface area contributed by atoms with Gasteiger partial charge in [-0.25, -0.2) is 4.98 Å². The van der Waals surface area contributed by atoms with E-state index in [4.69, 9.17) is 4.74 Å². The molecule has 0 unspecified atom stereocenters. The second-order valence-electron chi connectivity index (χ2n) is 4.17. The zero-order chi connectivity index (χ0) is 13.9. The average molecular weight is 266 g/mol. The number of pyridine rings is 1. The van der Waals surface area contributed by atoms with Gasteiger partial charge in [0.1, 0.15) is 0 Å². The Kier molecular flexibility index (Phi) is 3.01. The third-order valence-corrected chi connectivity index (χ3v) is 2.85. The lowest BCUT2D eigenvalue weighted by molar-refractivity contribution is -0.385. The molecule has 0 atom stereocenters. The summed E-state index contributed by atoms with van der Waals surface area (Å²) in [4.78, 5) is 14.8. The summed E-state index contributed by atoms with van der Waals surface area (Å²) in [6, 6.07) is 17.4. The Labute approximate surface area is 114 Å². The van der Waals surface area contributed by atoms with Crippen LogP contribution in [0.5, 0.6) is 11.6 Å². The van der Waals surface area contributed by atoms with Crippen LogP contribution in [-0.4, -0.2) is 9.91 Å². The fourth-order valence-electron chi connectivity index (χ4n) is 1.91. The van der Waals surface area contributed by atoms with Crippen molar-refractivity contribution in [3.63, 3.8) is 0 Å². The van der Waals surface area contributed by atoms with Crippen molar-refractivity contribution in [3.8, 4) is 11.6 Å². The molecule has 5 nitrogen and oxygen atoms in total. The van der Waals surface area contributed by atoms with Gasteiger partial charge in [-0.05, 0) is 18.2 Å². The van der Waals surface area contributed by atoms with Crippen molar-refractivity contribution >= 4 is 16.6 Å². The summed E-state index contributed by atoms with van der Waals surface area (Å²) in [6.07, 6.45) is 0. The Morgan fingerprint density at radius 3 is 2.55 bits per heavy atom. The van der Waals surface area contributed by atoms with E-state index in [1.807, 2.05) is 30.3 Å². The Hall–Kier alpha value is -2.95. The Bertz CT molecular complexity index is 787. The number of hydrogen-bond acceptors (Lipinski definition) is 4. The van der Waals surface area contributed by atoms with E-state index in [2.05, 4.69) is 4.98 Å². The number of nitro benzene ring substituents is 1. The predicted molar refractivity (Wildman–Crippen MR) is 74.9 cm³/mol. The van der Waals surface area contributed by atoms with Crippen LogP contribution < -0.4 is 4.74 Å². The largest absolute Gasteiger partial charge is 0.432 e. The molecular weight excluding hydrogens is 256 g/mol. The molecule has 0 amide bonds. The van der Waals surface area contributed by atoms with Crippen molar-refractivity contribution in [1.82, 2.24) is 4.98 Å². The van der Waals surface area contributed by atoms with Crippen molar-refractivity contribution < 1.29 is 9.66 Å². The number of aromatic nitrogens is 1. The van der Waals surface area contributed by atoms with Crippen molar-refractivity contribution in [2.45, 2.75) is 0 Å². The van der Waals surface area contributed by atoms with Crippen molar-refractivity contribution in [3.05, 3.63) is 70.8 Å². The third kappa shape index (κ3) is 2.29. The van der Waals surface area contributed by atoms with E-state index >= 15 is 0 Å². The summed E-state index contributed by atoms with van der Waals surface area (Å²) in [5.74, 6) is 0.512. The van der Waals surface area contributed by atoms with Gasteiger partial charge in [0.05, 0.1) is 10.4 Å². The van der Waals surface area contributed by atoms with E-state index in [1.54, 1.807) is 24.3 Å². The van der Waals surface area contributed by atoms with Crippen LogP contribution in [0, 0.1) is 10.1 Å². The van der Waals surface area contributed by atoms with E-state index in [-0.39, 0.29) is 11.4 Å². The molecule has 5 heteroatoms. The van der Waals surface area contributed by atoms with Gasteiger partial charge in [-0.15, -0.1) is 0 Å². The Morgan fingerprint density at radius 1 is 0.950 bits per heavy atom. The van der Waals surface area contributed by atoms with Crippen LogP contribution in [0.25, 0.3) is 10.9 Å². The summed E-state index contributed by atoms with van der Waals surface area (Å²) >= 11 is 0. The SMILES string of the molecule is O=[N+]([O-])c1ccccc1Oc1ccc2ccccc2n1. The van der Waals surface area contributed by atoms with E-state index in [1.165, 1.54) is 6.07 Å². The molecule has 2 aromatic carbocycles. The van der Waals surface area contributed by atoms with Gasteiger partial charge in [-0.2, -0.15) is 0 Å². The highest BCUT2D eigenvalue weighted by Crippen LogP contribution is 2.30. The van der Waals surface area contributed by atoms with E-state index < -0.39 is 4.92 Å². The average Bonchev–Trinajstić information content (AvgIpc) is 2.47. The Balaban J connectivity index is 1.99. The number of ether oxygens (including phenoxy) is 1. The van der Waals surface area contributed by atoms with Gasteiger partial charge in [-0.1, -0.05) is 30.3 Å². The predicted octanol–water partition coefficient (Wildman–Crippen LogP) is 3.94. The van der Waals surface area contributed by atoms with E-state index in [9.17, 15) is 10.1 Å². The molecule has 1 heterocycles. The van der Waals surface area contributed by atoms with Crippen LogP contribution in [0.2, 0.25) is 0 Å². The molecule has 3 rings (SSSR count). The molecule has 0 fully saturated rings. The molecule has 98 valence electrons. The molecule has 0 radical (unpaired) electrons. The maximum Gasteiger partial charge on any atom is 0.311 e. The highest BCUT2D eigenvalue weighted by molar-refractivity contribution is 5.78. The number of nitro groups is 1. The van der Waals surface area contributed by atoms with Gasteiger partial charge in [0.2, 0.25) is 11.6 Å². The summed E-state index contributed by atoms with van der Waals surface area (Å²) in [6.45, 7) is 0. The zero-order valence-electron chi connectivity index (χ0n) is 10.4. The smallest absolute Gasteiger partial charge is 0.311 e. The maximum atomic E-state index is 10.9. The molecule has 0 spiro atoms. The minimum Gasteiger partial charge on any atom is -0.432 e. The molecule has 20 heavy (non-hydrogen) atoms. The van der Waals surface area contributed by atoms with Gasteiger partial charge >= 0.3 is 5.69 Å². The minimum atomic E-state index is -0.476. The number of nitrogens with zero attached hydrogens (tertiary/aromatic N) is 2. The number of benzene rings is 2. The van der Waals surface area contributed by atoms with E-state index in [0.717, 1.165) is 10.9 Å². The lowest BCUT2D eigenvalue weighted by Crippen LogP contribution is -1.94. The molecule has 0 saturated heterocycles. The van der Waals surface area contributed by atoms with Crippen molar-refractivity contribution in [2.24, 2.45) is 0 Å². The van der Waals surface area contributed by atoms with Gasteiger partial charge in [0.15, 0.2) is 0 Å². The fourth-order valence-corrected chi connectivity index (χ4v) is 1.91. The van der Waals surface area contributed by atoms with Gasteiger partial charge < -0.3 is 4.74 Å². The zero-order valence-corrected chi connectivity index (χ0v) is 10.4. The molecule has 1 aromatic heterocycles. The fraction of sp³-hybridized carbons (Fsp3) is 0. The van der Waals surface area contributed by atoms with Gasteiger partial charge in [0, 0.05) is 17.5 Å². The van der Waals surface area contributed by atoms with Gasteiger partial charge in [0.25, 0.3) is 0 Å². The summed E-state index contributed by atoms with van der Waals surface area (Å²) < 4.78 is 5.53. The lowest BCUT2D eigenvalue weighted by atomic mass is 10.2. The van der Waals surface area contributed by atoms with Crippen LogP contribution in [0.3, 0.4) is 0 Å². The highest BCUT2D eigenvalue weighted by Gasteiger charge is 2.14. The van der Waals surface area contributed by atoms with Crippen molar-refractivity contribution in [1.29, 1.82) is 0 Å². The topological polar surface area (TPSA) is 65.3 Å². The molecular formula is C15H10N2O3. The number of fused-ring (bicyclic) bond motifs is 1. The first-order valence-electron chi connectivity index (χ1n) is 6.01. The first-order chi connectivity index (χ1) is 9.74. The Morgan fingerprint density at radius 2 is 1.70 bits per heavy atom. The first kappa shape index (κ1) is 12.1. The number of rotatable bonds is 3. The van der Waals surface area contributed by atoms with E-state index in [0.29, 0.717) is 5.88 Å². The highest BCUT2D eigenvalue weighted by atomic mass is 16.6. The molecule has 0 saturated carbocycles. The van der Waals surface area contributed by atoms with Crippen LogP contribution >= 0.6 is 0 Å². The van der Waals surface area contributed by atoms with Gasteiger partial charge in [-0.3, -0.25) is 10.1 Å². The molecule has 0 bridgehead atoms. The van der Waals surface area contributed by atoms with Crippen LogP contribution in [0.15, 0.2) is 60.7 Å². The maximum absolute atomic E-state index is 10.9. The summed E-state index contributed by atoms with van der Waals surface area (Å²) in [7, 11) is 0. The van der Waals surface area contributed by atoms with Crippen LogP contribution in [-0.2, 0) is 0 Å². The quantitative estimate of drug-likeness (QED) is 0.532. The third-order valence-electron chi connectivity index (χ3n) is 2.85. The number of hydrogen-bond donors (Lipinski definition) is 0. The number of para-hydroxylation sites is 3. The summed E-state index contributed by atoms with van der Waals surface area (Å²) in [5.41, 5.74) is 0.700. The molecule has 3 aromatic rings.